The summed E-state index contributed by atoms with van der Waals surface area (Å²) in [5.74, 6) is -1.33. The van der Waals surface area contributed by atoms with Crippen molar-refractivity contribution in [2.45, 2.75) is 19.0 Å². The van der Waals surface area contributed by atoms with E-state index in [9.17, 15) is 13.2 Å². The van der Waals surface area contributed by atoms with E-state index in [-0.39, 0.29) is 18.7 Å². The van der Waals surface area contributed by atoms with E-state index in [2.05, 4.69) is 0 Å². The smallest absolute Gasteiger partial charge is 0.393 e. The number of alkyl halides is 3. The predicted molar refractivity (Wildman–Crippen MR) is 66.6 cm³/mol. The van der Waals surface area contributed by atoms with Crippen LogP contribution in [0.3, 0.4) is 0 Å². The molecule has 1 aliphatic rings. The zero-order chi connectivity index (χ0) is 14.0. The van der Waals surface area contributed by atoms with Crippen LogP contribution in [0.25, 0.3) is 0 Å². The number of nitrogen functional groups attached to an aromatic ring is 1. The molecule has 0 radical (unpaired) electrons. The van der Waals surface area contributed by atoms with Crippen molar-refractivity contribution in [2.75, 3.05) is 23.7 Å². The summed E-state index contributed by atoms with van der Waals surface area (Å²) in [6.45, 7) is 0.439. The van der Waals surface area contributed by atoms with Crippen molar-refractivity contribution < 1.29 is 13.2 Å². The third-order valence-corrected chi connectivity index (χ3v) is 3.43. The number of piperidine rings is 1. The SMILES string of the molecule is N#Cc1cccc(N2CCCC(C(F)(F)F)C2)c1N. The number of benzene rings is 1. The highest BCUT2D eigenvalue weighted by molar-refractivity contribution is 5.74. The second-order valence-electron chi connectivity index (χ2n) is 4.68. The van der Waals surface area contributed by atoms with E-state index < -0.39 is 12.1 Å². The lowest BCUT2D eigenvalue weighted by atomic mass is 9.96. The Balaban J connectivity index is 2.26. The van der Waals surface area contributed by atoms with E-state index in [0.717, 1.165) is 0 Å². The molecule has 102 valence electrons. The zero-order valence-corrected chi connectivity index (χ0v) is 10.2. The molecule has 1 atom stereocenters. The van der Waals surface area contributed by atoms with E-state index in [1.54, 1.807) is 23.1 Å². The van der Waals surface area contributed by atoms with Gasteiger partial charge in [0.25, 0.3) is 0 Å². The largest absolute Gasteiger partial charge is 0.396 e. The molecule has 1 saturated heterocycles. The number of nitrogens with zero attached hydrogens (tertiary/aromatic N) is 2. The molecule has 0 spiro atoms. The first-order valence-electron chi connectivity index (χ1n) is 6.03. The van der Waals surface area contributed by atoms with Crippen molar-refractivity contribution in [1.82, 2.24) is 0 Å². The standard InChI is InChI=1S/C13H14F3N3/c14-13(15,16)10-4-2-6-19(8-10)11-5-1-3-9(7-17)12(11)18/h1,3,5,10H,2,4,6,8,18H2. The Morgan fingerprint density at radius 3 is 2.74 bits per heavy atom. The predicted octanol–water partition coefficient (Wildman–Crippen LogP) is 2.92. The Bertz CT molecular complexity index is 505. The number of hydrogen-bond acceptors (Lipinski definition) is 3. The second-order valence-corrected chi connectivity index (χ2v) is 4.68. The summed E-state index contributed by atoms with van der Waals surface area (Å²) in [6, 6.07) is 6.80. The highest BCUT2D eigenvalue weighted by Gasteiger charge is 2.42. The molecule has 1 aromatic carbocycles. The number of halogens is 3. The minimum absolute atomic E-state index is 0.0947. The number of nitriles is 1. The maximum absolute atomic E-state index is 12.8. The third-order valence-electron chi connectivity index (χ3n) is 3.43. The molecule has 1 fully saturated rings. The normalized spacial score (nSPS) is 20.1. The number of nitrogens with two attached hydrogens (primary N) is 1. The third kappa shape index (κ3) is 2.75. The van der Waals surface area contributed by atoms with Crippen LogP contribution in [0.4, 0.5) is 24.5 Å². The molecule has 19 heavy (non-hydrogen) atoms. The van der Waals surface area contributed by atoms with E-state index in [0.29, 0.717) is 24.2 Å². The molecule has 0 saturated carbocycles. The molecule has 2 N–H and O–H groups in total. The Labute approximate surface area is 109 Å². The van der Waals surface area contributed by atoms with Crippen molar-refractivity contribution in [2.24, 2.45) is 5.92 Å². The number of anilines is 2. The van der Waals surface area contributed by atoms with Gasteiger partial charge in [0.1, 0.15) is 6.07 Å². The van der Waals surface area contributed by atoms with Crippen LogP contribution in [0.2, 0.25) is 0 Å². The summed E-state index contributed by atoms with van der Waals surface area (Å²) in [5, 5.41) is 8.89. The van der Waals surface area contributed by atoms with Crippen molar-refractivity contribution in [3.63, 3.8) is 0 Å². The summed E-state index contributed by atoms with van der Waals surface area (Å²) < 4.78 is 38.3. The lowest BCUT2D eigenvalue weighted by Crippen LogP contribution is -2.42. The van der Waals surface area contributed by atoms with E-state index in [4.69, 9.17) is 11.0 Å². The van der Waals surface area contributed by atoms with Gasteiger partial charge in [0.15, 0.2) is 0 Å². The topological polar surface area (TPSA) is 53.0 Å². The monoisotopic (exact) mass is 269 g/mol. The van der Waals surface area contributed by atoms with Crippen LogP contribution >= 0.6 is 0 Å². The average Bonchev–Trinajstić information content (AvgIpc) is 2.38. The highest BCUT2D eigenvalue weighted by Crippen LogP contribution is 2.36. The number of rotatable bonds is 1. The van der Waals surface area contributed by atoms with Crippen LogP contribution in [0.1, 0.15) is 18.4 Å². The van der Waals surface area contributed by atoms with Crippen molar-refractivity contribution >= 4 is 11.4 Å². The molecule has 0 aromatic heterocycles. The summed E-state index contributed by atoms with van der Waals surface area (Å²) in [4.78, 5) is 1.62. The van der Waals surface area contributed by atoms with Crippen molar-refractivity contribution in [1.29, 1.82) is 5.26 Å². The van der Waals surface area contributed by atoms with E-state index >= 15 is 0 Å². The summed E-state index contributed by atoms with van der Waals surface area (Å²) in [5.41, 5.74) is 6.91. The molecule has 6 heteroatoms. The summed E-state index contributed by atoms with van der Waals surface area (Å²) in [7, 11) is 0. The summed E-state index contributed by atoms with van der Waals surface area (Å²) >= 11 is 0. The number of para-hydroxylation sites is 1. The van der Waals surface area contributed by atoms with Crippen molar-refractivity contribution in [3.05, 3.63) is 23.8 Å². The maximum atomic E-state index is 12.8. The van der Waals surface area contributed by atoms with Gasteiger partial charge in [0, 0.05) is 13.1 Å². The molecule has 0 aliphatic carbocycles. The molecule has 1 heterocycles. The lowest BCUT2D eigenvalue weighted by Gasteiger charge is -2.35. The van der Waals surface area contributed by atoms with E-state index in [1.807, 2.05) is 6.07 Å². The van der Waals surface area contributed by atoms with Crippen LogP contribution in [0.15, 0.2) is 18.2 Å². The molecule has 0 bridgehead atoms. The van der Waals surface area contributed by atoms with Gasteiger partial charge < -0.3 is 10.6 Å². The van der Waals surface area contributed by atoms with Gasteiger partial charge in [0.05, 0.1) is 22.9 Å². The fourth-order valence-electron chi connectivity index (χ4n) is 2.39. The van der Waals surface area contributed by atoms with Crippen LogP contribution < -0.4 is 10.6 Å². The molecule has 1 unspecified atom stereocenters. The molecular weight excluding hydrogens is 255 g/mol. The van der Waals surface area contributed by atoms with Crippen LogP contribution in [0.5, 0.6) is 0 Å². The van der Waals surface area contributed by atoms with Crippen LogP contribution in [0, 0.1) is 17.2 Å². The summed E-state index contributed by atoms with van der Waals surface area (Å²) in [6.07, 6.45) is -3.56. The van der Waals surface area contributed by atoms with Crippen LogP contribution in [-0.2, 0) is 0 Å². The molecule has 0 amide bonds. The molecule has 1 aromatic rings. The maximum Gasteiger partial charge on any atom is 0.393 e. The van der Waals surface area contributed by atoms with Crippen LogP contribution in [-0.4, -0.2) is 19.3 Å². The van der Waals surface area contributed by atoms with Gasteiger partial charge in [-0.05, 0) is 25.0 Å². The minimum Gasteiger partial charge on any atom is -0.396 e. The van der Waals surface area contributed by atoms with Gasteiger partial charge in [-0.25, -0.2) is 0 Å². The fourth-order valence-corrected chi connectivity index (χ4v) is 2.39. The first-order valence-corrected chi connectivity index (χ1v) is 6.03. The Morgan fingerprint density at radius 2 is 2.11 bits per heavy atom. The van der Waals surface area contributed by atoms with Gasteiger partial charge in [-0.2, -0.15) is 18.4 Å². The zero-order valence-electron chi connectivity index (χ0n) is 10.2. The molecular formula is C13H14F3N3. The van der Waals surface area contributed by atoms with Gasteiger partial charge in [-0.1, -0.05) is 6.07 Å². The first kappa shape index (κ1) is 13.5. The Hall–Kier alpha value is -1.90. The van der Waals surface area contributed by atoms with Crippen molar-refractivity contribution in [3.8, 4) is 6.07 Å². The highest BCUT2D eigenvalue weighted by atomic mass is 19.4. The molecule has 3 nitrogen and oxygen atoms in total. The lowest BCUT2D eigenvalue weighted by molar-refractivity contribution is -0.175. The quantitative estimate of drug-likeness (QED) is 0.797. The first-order chi connectivity index (χ1) is 8.93. The van der Waals surface area contributed by atoms with Gasteiger partial charge in [-0.15, -0.1) is 0 Å². The Morgan fingerprint density at radius 1 is 1.37 bits per heavy atom. The molecule has 2 rings (SSSR count). The van der Waals surface area contributed by atoms with Gasteiger partial charge in [0.2, 0.25) is 0 Å². The fraction of sp³-hybridized carbons (Fsp3) is 0.462. The molecule has 1 aliphatic heterocycles. The number of hydrogen-bond donors (Lipinski definition) is 1. The average molecular weight is 269 g/mol. The van der Waals surface area contributed by atoms with Gasteiger partial charge >= 0.3 is 6.18 Å². The minimum atomic E-state index is -4.18. The Kier molecular flexibility index (Phi) is 3.56. The van der Waals surface area contributed by atoms with Gasteiger partial charge in [-0.3, -0.25) is 0 Å². The van der Waals surface area contributed by atoms with E-state index in [1.165, 1.54) is 0 Å². The second kappa shape index (κ2) is 5.00.